The first-order valence-electron chi connectivity index (χ1n) is 11.0. The molecule has 0 saturated carbocycles. The standard InChI is InChI=1S/C25H28FN5O/c1-17(12-25(28)32)30-10-7-21(8-11-30)31(16-20-13-18(15-27)2-4-23(20)26)22-3-5-24-19(14-22)6-9-29-24/h2-6,9,13-14,17,21,29H,7-8,10-12,16H2,1H3,(H2,28,32). The number of hydrogen-bond donors (Lipinski definition) is 2. The molecule has 4 rings (SSSR count). The third kappa shape index (κ3) is 4.76. The van der Waals surface area contributed by atoms with E-state index in [4.69, 9.17) is 5.73 Å². The van der Waals surface area contributed by atoms with Crippen molar-refractivity contribution >= 4 is 22.5 Å². The van der Waals surface area contributed by atoms with Gasteiger partial charge in [0, 0.05) is 66.5 Å². The van der Waals surface area contributed by atoms with Gasteiger partial charge >= 0.3 is 0 Å². The van der Waals surface area contributed by atoms with E-state index in [1.807, 2.05) is 25.3 Å². The molecule has 2 aromatic carbocycles. The highest BCUT2D eigenvalue weighted by Crippen LogP contribution is 2.30. The van der Waals surface area contributed by atoms with Gasteiger partial charge in [-0.3, -0.25) is 9.69 Å². The maximum absolute atomic E-state index is 14.6. The minimum absolute atomic E-state index is 0.114. The summed E-state index contributed by atoms with van der Waals surface area (Å²) in [6.07, 6.45) is 4.06. The number of benzene rings is 2. The number of aromatic nitrogens is 1. The highest BCUT2D eigenvalue weighted by atomic mass is 19.1. The van der Waals surface area contributed by atoms with Crippen LogP contribution in [0.2, 0.25) is 0 Å². The third-order valence-electron chi connectivity index (χ3n) is 6.44. The number of anilines is 1. The molecule has 0 spiro atoms. The van der Waals surface area contributed by atoms with Crippen LogP contribution in [0.1, 0.15) is 37.3 Å². The third-order valence-corrected chi connectivity index (χ3v) is 6.44. The quantitative estimate of drug-likeness (QED) is 0.591. The molecule has 0 radical (unpaired) electrons. The number of likely N-dealkylation sites (tertiary alicyclic amines) is 1. The van der Waals surface area contributed by atoms with Crippen LogP contribution in [0.5, 0.6) is 0 Å². The number of hydrogen-bond acceptors (Lipinski definition) is 4. The van der Waals surface area contributed by atoms with E-state index in [1.165, 1.54) is 12.1 Å². The lowest BCUT2D eigenvalue weighted by Crippen LogP contribution is -2.48. The van der Waals surface area contributed by atoms with Gasteiger partial charge in [-0.2, -0.15) is 5.26 Å². The van der Waals surface area contributed by atoms with Crippen LogP contribution in [0, 0.1) is 17.1 Å². The molecule has 0 aliphatic carbocycles. The largest absolute Gasteiger partial charge is 0.370 e. The number of nitrogens with one attached hydrogen (secondary N) is 1. The zero-order valence-electron chi connectivity index (χ0n) is 18.2. The molecule has 1 amide bonds. The van der Waals surface area contributed by atoms with Gasteiger partial charge < -0.3 is 15.6 Å². The Bertz CT molecular complexity index is 1140. The zero-order valence-corrected chi connectivity index (χ0v) is 18.2. The second-order valence-corrected chi connectivity index (χ2v) is 8.58. The topological polar surface area (TPSA) is 89.2 Å². The van der Waals surface area contributed by atoms with E-state index >= 15 is 0 Å². The van der Waals surface area contributed by atoms with Crippen molar-refractivity contribution in [3.05, 3.63) is 65.6 Å². The van der Waals surface area contributed by atoms with Gasteiger partial charge in [0.25, 0.3) is 0 Å². The lowest BCUT2D eigenvalue weighted by Gasteiger charge is -2.41. The highest BCUT2D eigenvalue weighted by molar-refractivity contribution is 5.83. The summed E-state index contributed by atoms with van der Waals surface area (Å²) in [6, 6.07) is 15.2. The first-order chi connectivity index (χ1) is 15.4. The van der Waals surface area contributed by atoms with Crippen molar-refractivity contribution in [1.29, 1.82) is 5.26 Å². The van der Waals surface area contributed by atoms with Crippen LogP contribution in [0.4, 0.5) is 10.1 Å². The Balaban J connectivity index is 1.60. The van der Waals surface area contributed by atoms with Crippen LogP contribution in [0.15, 0.2) is 48.7 Å². The first kappa shape index (κ1) is 21.8. The number of nitriles is 1. The molecular weight excluding hydrogens is 405 g/mol. The molecule has 3 aromatic rings. The van der Waals surface area contributed by atoms with Crippen LogP contribution in [0.3, 0.4) is 0 Å². The Morgan fingerprint density at radius 2 is 2.06 bits per heavy atom. The van der Waals surface area contributed by atoms with E-state index in [0.717, 1.165) is 42.5 Å². The van der Waals surface area contributed by atoms with Crippen molar-refractivity contribution in [3.8, 4) is 6.07 Å². The van der Waals surface area contributed by atoms with Gasteiger partial charge in [-0.05, 0) is 62.2 Å². The Morgan fingerprint density at radius 3 is 2.78 bits per heavy atom. The van der Waals surface area contributed by atoms with Gasteiger partial charge in [0.15, 0.2) is 0 Å². The average Bonchev–Trinajstić information content (AvgIpc) is 3.26. The Morgan fingerprint density at radius 1 is 1.28 bits per heavy atom. The smallest absolute Gasteiger partial charge is 0.218 e. The summed E-state index contributed by atoms with van der Waals surface area (Å²) < 4.78 is 14.6. The summed E-state index contributed by atoms with van der Waals surface area (Å²) >= 11 is 0. The van der Waals surface area contributed by atoms with Gasteiger partial charge in [0.1, 0.15) is 5.82 Å². The predicted molar refractivity (Wildman–Crippen MR) is 123 cm³/mol. The van der Waals surface area contributed by atoms with Gasteiger partial charge in [-0.1, -0.05) is 0 Å². The van der Waals surface area contributed by atoms with Gasteiger partial charge in [0.05, 0.1) is 11.6 Å². The van der Waals surface area contributed by atoms with E-state index < -0.39 is 0 Å². The van der Waals surface area contributed by atoms with E-state index in [-0.39, 0.29) is 23.8 Å². The van der Waals surface area contributed by atoms with Crippen molar-refractivity contribution in [1.82, 2.24) is 9.88 Å². The summed E-state index contributed by atoms with van der Waals surface area (Å²) in [4.78, 5) is 19.1. The Kier molecular flexibility index (Phi) is 6.42. The van der Waals surface area contributed by atoms with E-state index in [2.05, 4.69) is 33.0 Å². The fraction of sp³-hybridized carbons (Fsp3) is 0.360. The molecule has 6 nitrogen and oxygen atoms in total. The molecule has 1 atom stereocenters. The number of rotatable bonds is 7. The van der Waals surface area contributed by atoms with Crippen LogP contribution in [-0.2, 0) is 11.3 Å². The number of carbonyl (C=O) groups is 1. The van der Waals surface area contributed by atoms with Crippen molar-refractivity contribution in [2.75, 3.05) is 18.0 Å². The number of piperidine rings is 1. The fourth-order valence-corrected chi connectivity index (χ4v) is 4.66. The molecule has 166 valence electrons. The van der Waals surface area contributed by atoms with Gasteiger partial charge in [0.2, 0.25) is 5.91 Å². The summed E-state index contributed by atoms with van der Waals surface area (Å²) in [5.74, 6) is -0.585. The number of H-pyrrole nitrogens is 1. The molecule has 2 heterocycles. The fourth-order valence-electron chi connectivity index (χ4n) is 4.66. The molecule has 1 unspecified atom stereocenters. The number of carbonyl (C=O) groups excluding carboxylic acids is 1. The molecule has 1 fully saturated rings. The maximum atomic E-state index is 14.6. The number of primary amides is 1. The maximum Gasteiger partial charge on any atom is 0.218 e. The molecule has 0 bridgehead atoms. The second kappa shape index (κ2) is 9.41. The summed E-state index contributed by atoms with van der Waals surface area (Å²) in [5.41, 5.74) is 8.44. The SMILES string of the molecule is CC(CC(N)=O)N1CCC(N(Cc2cc(C#N)ccc2F)c2ccc3[nH]ccc3c2)CC1. The predicted octanol–water partition coefficient (Wildman–Crippen LogP) is 3.91. The van der Waals surface area contributed by atoms with Crippen molar-refractivity contribution in [2.24, 2.45) is 5.73 Å². The van der Waals surface area contributed by atoms with Crippen LogP contribution < -0.4 is 10.6 Å². The molecular formula is C25H28FN5O. The summed E-state index contributed by atoms with van der Waals surface area (Å²) in [6.45, 7) is 4.12. The number of amides is 1. The van der Waals surface area contributed by atoms with Crippen molar-refractivity contribution in [2.45, 2.75) is 44.8 Å². The average molecular weight is 434 g/mol. The van der Waals surface area contributed by atoms with E-state index in [0.29, 0.717) is 24.1 Å². The minimum Gasteiger partial charge on any atom is -0.370 e. The molecule has 1 saturated heterocycles. The number of halogens is 1. The lowest BCUT2D eigenvalue weighted by molar-refractivity contribution is -0.119. The molecule has 7 heteroatoms. The Hall–Kier alpha value is -3.37. The number of aromatic amines is 1. The summed E-state index contributed by atoms with van der Waals surface area (Å²) in [5, 5.41) is 10.4. The van der Waals surface area contributed by atoms with Crippen molar-refractivity contribution < 1.29 is 9.18 Å². The van der Waals surface area contributed by atoms with Gasteiger partial charge in [-0.25, -0.2) is 4.39 Å². The summed E-state index contributed by atoms with van der Waals surface area (Å²) in [7, 11) is 0. The van der Waals surface area contributed by atoms with E-state index in [9.17, 15) is 14.4 Å². The number of fused-ring (bicyclic) bond motifs is 1. The Labute approximate surface area is 187 Å². The molecule has 32 heavy (non-hydrogen) atoms. The molecule has 1 aliphatic heterocycles. The van der Waals surface area contributed by atoms with Crippen LogP contribution in [-0.4, -0.2) is 41.0 Å². The number of nitrogens with two attached hydrogens (primary N) is 1. The molecule has 1 aromatic heterocycles. The highest BCUT2D eigenvalue weighted by Gasteiger charge is 2.28. The molecule has 3 N–H and O–H groups in total. The van der Waals surface area contributed by atoms with Crippen LogP contribution >= 0.6 is 0 Å². The molecule has 1 aliphatic rings. The first-order valence-corrected chi connectivity index (χ1v) is 11.0. The zero-order chi connectivity index (χ0) is 22.7. The lowest BCUT2D eigenvalue weighted by atomic mass is 9.98. The monoisotopic (exact) mass is 433 g/mol. The number of nitrogens with zero attached hydrogens (tertiary/aromatic N) is 3. The van der Waals surface area contributed by atoms with E-state index in [1.54, 1.807) is 6.07 Å². The van der Waals surface area contributed by atoms with Crippen LogP contribution in [0.25, 0.3) is 10.9 Å². The van der Waals surface area contributed by atoms with Gasteiger partial charge in [-0.15, -0.1) is 0 Å². The normalized spacial score (nSPS) is 16.0. The second-order valence-electron chi connectivity index (χ2n) is 8.58. The van der Waals surface area contributed by atoms with Crippen molar-refractivity contribution in [3.63, 3.8) is 0 Å². The minimum atomic E-state index is -0.302.